The minimum Gasteiger partial charge on any atom is -0.266 e. The number of rotatable bonds is 7. The molecule has 2 aromatic rings. The Morgan fingerprint density at radius 1 is 1.07 bits per heavy atom. The zero-order valence-corrected chi connectivity index (χ0v) is 16.6. The molecule has 1 amide bonds. The summed E-state index contributed by atoms with van der Waals surface area (Å²) in [6.45, 7) is 0. The number of carbonyl (C=O) groups excluding carboxylic acids is 1. The van der Waals surface area contributed by atoms with Gasteiger partial charge < -0.3 is 0 Å². The van der Waals surface area contributed by atoms with Crippen LogP contribution in [0.5, 0.6) is 0 Å². The quantitative estimate of drug-likeness (QED) is 0.211. The number of nitrogens with two attached hydrogens (primary N) is 2. The van der Waals surface area contributed by atoms with E-state index in [1.807, 2.05) is 0 Å². The van der Waals surface area contributed by atoms with Crippen LogP contribution < -0.4 is 16.1 Å². The van der Waals surface area contributed by atoms with E-state index in [2.05, 4.69) is 10.5 Å². The maximum atomic E-state index is 12.8. The number of halogens is 2. The van der Waals surface area contributed by atoms with Crippen molar-refractivity contribution in [3.63, 3.8) is 0 Å². The summed E-state index contributed by atoms with van der Waals surface area (Å²) < 4.78 is 26.0. The van der Waals surface area contributed by atoms with Crippen molar-refractivity contribution < 1.29 is 13.2 Å². The van der Waals surface area contributed by atoms with E-state index >= 15 is 0 Å². The summed E-state index contributed by atoms with van der Waals surface area (Å²) in [7, 11) is -4.43. The molecule has 0 heterocycles. The molecule has 0 radical (unpaired) electrons. The summed E-state index contributed by atoms with van der Waals surface area (Å²) in [5, 5.41) is 4.71. The Hall–Kier alpha value is -2.90. The summed E-state index contributed by atoms with van der Waals surface area (Å²) >= 11 is 11.7. The monoisotopic (exact) mass is 458 g/mol. The van der Waals surface area contributed by atoms with Crippen LogP contribution in [0.2, 0.25) is 10.0 Å². The van der Waals surface area contributed by atoms with Crippen molar-refractivity contribution >= 4 is 56.6 Å². The van der Waals surface area contributed by atoms with Gasteiger partial charge in [-0.05, 0) is 41.1 Å². The second-order valence-electron chi connectivity index (χ2n) is 5.32. The average Bonchev–Trinajstić information content (AvgIpc) is 2.70. The fourth-order valence-corrected chi connectivity index (χ4v) is 4.02. The summed E-state index contributed by atoms with van der Waals surface area (Å²) in [5.41, 5.74) is -0.0376. The van der Waals surface area contributed by atoms with Crippen LogP contribution >= 0.6 is 23.2 Å². The van der Waals surface area contributed by atoms with Crippen molar-refractivity contribution in [2.24, 2.45) is 22.1 Å². The second-order valence-corrected chi connectivity index (χ2v) is 7.94. The van der Waals surface area contributed by atoms with E-state index in [0.29, 0.717) is 9.98 Å². The predicted octanol–water partition coefficient (Wildman–Crippen LogP) is 2.86. The Kier molecular flexibility index (Phi) is 7.00. The number of anilines is 1. The third kappa shape index (κ3) is 4.93. The van der Waals surface area contributed by atoms with Crippen LogP contribution in [-0.4, -0.2) is 19.4 Å². The minimum atomic E-state index is -4.43. The molecular weight excluding hydrogens is 447 g/mol. The van der Waals surface area contributed by atoms with Gasteiger partial charge in [-0.3, -0.25) is 4.79 Å². The highest BCUT2D eigenvalue weighted by molar-refractivity contribution is 7.92. The van der Waals surface area contributed by atoms with Crippen LogP contribution in [0.4, 0.5) is 11.4 Å². The van der Waals surface area contributed by atoms with Crippen LogP contribution in [0.3, 0.4) is 0 Å². The highest BCUT2D eigenvalue weighted by atomic mass is 35.5. The van der Waals surface area contributed by atoms with E-state index in [0.717, 1.165) is 12.1 Å². The smallest absolute Gasteiger partial charge is 0.266 e. The molecule has 14 heteroatoms. The Labute approximate surface area is 174 Å². The van der Waals surface area contributed by atoms with Gasteiger partial charge in [0.05, 0.1) is 16.0 Å². The summed E-state index contributed by atoms with van der Waals surface area (Å²) in [6.07, 6.45) is 2.31. The van der Waals surface area contributed by atoms with Crippen molar-refractivity contribution in [1.29, 1.82) is 0 Å². The second kappa shape index (κ2) is 9.07. The molecule has 11 nitrogen and oxygen atoms in total. The molecule has 0 aliphatic heterocycles. The Bertz CT molecular complexity index is 1090. The van der Waals surface area contributed by atoms with Gasteiger partial charge in [0.25, 0.3) is 15.9 Å². The largest absolute Gasteiger partial charge is 0.284 e. The molecule has 29 heavy (non-hydrogen) atoms. The number of hydrazine groups is 2. The molecule has 0 aromatic heterocycles. The minimum absolute atomic E-state index is 0.0245. The first-order valence-electron chi connectivity index (χ1n) is 7.44. The first-order chi connectivity index (χ1) is 13.6. The van der Waals surface area contributed by atoms with Gasteiger partial charge in [-0.25, -0.2) is 16.1 Å². The number of amides is 1. The van der Waals surface area contributed by atoms with Crippen molar-refractivity contribution in [3.8, 4) is 0 Å². The van der Waals surface area contributed by atoms with Crippen LogP contribution in [0, 0.1) is 9.81 Å². The maximum Gasteiger partial charge on any atom is 0.284 e. The number of hydrogen-bond donors (Lipinski definition) is 2. The van der Waals surface area contributed by atoms with E-state index in [-0.39, 0.29) is 20.9 Å². The summed E-state index contributed by atoms with van der Waals surface area (Å²) in [5.74, 6) is 9.88. The van der Waals surface area contributed by atoms with Crippen molar-refractivity contribution in [2.45, 2.75) is 4.90 Å². The fourth-order valence-electron chi connectivity index (χ4n) is 2.09. The van der Waals surface area contributed by atoms with Crippen LogP contribution in [-0.2, 0) is 14.8 Å². The molecule has 0 saturated heterocycles. The first kappa shape index (κ1) is 22.4. The lowest BCUT2D eigenvalue weighted by atomic mass is 10.2. The molecular formula is C15H12Cl2N6O5S. The summed E-state index contributed by atoms with van der Waals surface area (Å²) in [4.78, 5) is 32.0. The summed E-state index contributed by atoms with van der Waals surface area (Å²) in [6, 6.07) is 7.72. The van der Waals surface area contributed by atoms with Gasteiger partial charge in [-0.1, -0.05) is 35.3 Å². The topological polar surface area (TPSA) is 169 Å². The standard InChI is InChI=1S/C15H12Cl2N6O5S/c16-10-7-12(17)15(20-25)13(8-10)29(27,28)23(19)11-4-1-9(2-5-11)3-6-14(24)22(18)21-26/h1-8H,18-19H2/b6-3+. The number of nitroso groups, excluding NO2 is 2. The van der Waals surface area contributed by atoms with Crippen molar-refractivity contribution in [2.75, 3.05) is 4.41 Å². The fraction of sp³-hybridized carbons (Fsp3) is 0. The Balaban J connectivity index is 2.34. The zero-order valence-electron chi connectivity index (χ0n) is 14.3. The van der Waals surface area contributed by atoms with E-state index in [9.17, 15) is 23.0 Å². The molecule has 2 rings (SSSR count). The maximum absolute atomic E-state index is 12.8. The highest BCUT2D eigenvalue weighted by Crippen LogP contribution is 2.37. The molecule has 152 valence electrons. The van der Waals surface area contributed by atoms with Crippen molar-refractivity contribution in [1.82, 2.24) is 5.12 Å². The number of nitrogens with zero attached hydrogens (tertiary/aromatic N) is 4. The first-order valence-corrected chi connectivity index (χ1v) is 9.64. The van der Waals surface area contributed by atoms with E-state index in [1.54, 1.807) is 0 Å². The number of carbonyl (C=O) groups is 1. The van der Waals surface area contributed by atoms with E-state index in [4.69, 9.17) is 34.9 Å². The molecule has 0 bridgehead atoms. The highest BCUT2D eigenvalue weighted by Gasteiger charge is 2.28. The van der Waals surface area contributed by atoms with Crippen molar-refractivity contribution in [3.05, 3.63) is 67.9 Å². The van der Waals surface area contributed by atoms with Crippen LogP contribution in [0.1, 0.15) is 5.56 Å². The third-order valence-corrected chi connectivity index (χ3v) is 5.60. The van der Waals surface area contributed by atoms with Gasteiger partial charge in [-0.2, -0.15) is 8.42 Å². The molecule has 0 aliphatic rings. The molecule has 0 unspecified atom stereocenters. The molecule has 4 N–H and O–H groups in total. The van der Waals surface area contributed by atoms with Crippen LogP contribution in [0.15, 0.2) is 57.8 Å². The zero-order chi connectivity index (χ0) is 21.8. The lowest BCUT2D eigenvalue weighted by Gasteiger charge is -2.20. The molecule has 0 saturated carbocycles. The Morgan fingerprint density at radius 3 is 2.24 bits per heavy atom. The average molecular weight is 459 g/mol. The predicted molar refractivity (Wildman–Crippen MR) is 108 cm³/mol. The van der Waals surface area contributed by atoms with Gasteiger partial charge in [0.1, 0.15) is 10.6 Å². The van der Waals surface area contributed by atoms with E-state index in [1.165, 1.54) is 36.4 Å². The number of hydrogen-bond acceptors (Lipinski definition) is 9. The number of benzene rings is 2. The lowest BCUT2D eigenvalue weighted by Crippen LogP contribution is -2.37. The molecule has 0 spiro atoms. The molecule has 0 fully saturated rings. The molecule has 0 aliphatic carbocycles. The Morgan fingerprint density at radius 2 is 1.69 bits per heavy atom. The molecule has 2 aromatic carbocycles. The normalized spacial score (nSPS) is 11.3. The van der Waals surface area contributed by atoms with Gasteiger partial charge >= 0.3 is 0 Å². The van der Waals surface area contributed by atoms with Crippen LogP contribution in [0.25, 0.3) is 6.08 Å². The van der Waals surface area contributed by atoms with Gasteiger partial charge in [0.2, 0.25) is 0 Å². The third-order valence-electron chi connectivity index (χ3n) is 3.50. The van der Waals surface area contributed by atoms with Gasteiger partial charge in [0.15, 0.2) is 0 Å². The van der Waals surface area contributed by atoms with Gasteiger partial charge in [0, 0.05) is 11.1 Å². The lowest BCUT2D eigenvalue weighted by molar-refractivity contribution is -0.126. The number of sulfonamides is 1. The van der Waals surface area contributed by atoms with Gasteiger partial charge in [-0.15, -0.1) is 14.9 Å². The van der Waals surface area contributed by atoms with E-state index < -0.39 is 26.5 Å². The molecule has 0 atom stereocenters. The SMILES string of the molecule is NN(N=O)C(=O)/C=C/c1ccc(N(N)S(=O)(=O)c2cc(Cl)cc(Cl)c2N=O)cc1.